The van der Waals surface area contributed by atoms with Crippen LogP contribution in [0.2, 0.25) is 0 Å². The standard InChI is InChI=1S/C22H17Br2N3O/c23-13-4-6-20-16(9-13)17-10-14(24)5-7-21(17)27(20)12-15-11-18(22(28)26-15)19-3-1-2-8-25-19/h1-10,15,18H,11-12H2,(H,26,28). The molecule has 0 bridgehead atoms. The van der Waals surface area contributed by atoms with E-state index in [4.69, 9.17) is 0 Å². The minimum atomic E-state index is -0.178. The Kier molecular flexibility index (Phi) is 4.48. The summed E-state index contributed by atoms with van der Waals surface area (Å²) in [6.45, 7) is 0.734. The van der Waals surface area contributed by atoms with Crippen molar-refractivity contribution in [3.05, 3.63) is 75.4 Å². The molecular weight excluding hydrogens is 482 g/mol. The van der Waals surface area contributed by atoms with Crippen LogP contribution in [-0.4, -0.2) is 21.5 Å². The molecule has 2 aromatic heterocycles. The number of nitrogens with zero attached hydrogens (tertiary/aromatic N) is 2. The van der Waals surface area contributed by atoms with Crippen molar-refractivity contribution in [1.29, 1.82) is 0 Å². The second-order valence-corrected chi connectivity index (χ2v) is 9.01. The van der Waals surface area contributed by atoms with Crippen molar-refractivity contribution in [3.63, 3.8) is 0 Å². The van der Waals surface area contributed by atoms with E-state index >= 15 is 0 Å². The fourth-order valence-corrected chi connectivity index (χ4v) is 4.90. The molecule has 1 amide bonds. The predicted molar refractivity (Wildman–Crippen MR) is 118 cm³/mol. The normalized spacial score (nSPS) is 19.4. The third-order valence-corrected chi connectivity index (χ3v) is 6.41. The van der Waals surface area contributed by atoms with Crippen LogP contribution in [0.25, 0.3) is 21.8 Å². The van der Waals surface area contributed by atoms with E-state index in [1.54, 1.807) is 6.20 Å². The number of aromatic nitrogens is 2. The quantitative estimate of drug-likeness (QED) is 0.411. The first-order valence-corrected chi connectivity index (χ1v) is 10.8. The van der Waals surface area contributed by atoms with Gasteiger partial charge in [0, 0.05) is 49.5 Å². The molecule has 4 nitrogen and oxygen atoms in total. The SMILES string of the molecule is O=C1NC(Cn2c3ccc(Br)cc3c3cc(Br)ccc32)CC1c1ccccn1. The molecule has 2 unspecified atom stereocenters. The molecule has 1 N–H and O–H groups in total. The molecule has 0 radical (unpaired) electrons. The fraction of sp³-hybridized carbons (Fsp3) is 0.182. The van der Waals surface area contributed by atoms with Crippen LogP contribution in [0, 0.1) is 0 Å². The lowest BCUT2D eigenvalue weighted by atomic mass is 10.0. The number of hydrogen-bond acceptors (Lipinski definition) is 2. The maximum atomic E-state index is 12.6. The third kappa shape index (κ3) is 3.05. The first-order chi connectivity index (χ1) is 13.6. The summed E-state index contributed by atoms with van der Waals surface area (Å²) in [7, 11) is 0. The number of amides is 1. The second kappa shape index (κ2) is 7.01. The molecule has 0 aliphatic carbocycles. The number of hydrogen-bond donors (Lipinski definition) is 1. The van der Waals surface area contributed by atoms with Crippen molar-refractivity contribution >= 4 is 59.6 Å². The van der Waals surface area contributed by atoms with Gasteiger partial charge in [-0.2, -0.15) is 0 Å². The van der Waals surface area contributed by atoms with E-state index < -0.39 is 0 Å². The van der Waals surface area contributed by atoms with Gasteiger partial charge in [0.2, 0.25) is 5.91 Å². The van der Waals surface area contributed by atoms with E-state index in [-0.39, 0.29) is 17.9 Å². The van der Waals surface area contributed by atoms with E-state index in [0.717, 1.165) is 27.6 Å². The van der Waals surface area contributed by atoms with Gasteiger partial charge in [-0.1, -0.05) is 37.9 Å². The van der Waals surface area contributed by atoms with Crippen molar-refractivity contribution in [1.82, 2.24) is 14.9 Å². The Bertz CT molecular complexity index is 1140. The summed E-state index contributed by atoms with van der Waals surface area (Å²) in [4.78, 5) is 16.9. The largest absolute Gasteiger partial charge is 0.351 e. The van der Waals surface area contributed by atoms with Crippen molar-refractivity contribution in [3.8, 4) is 0 Å². The maximum Gasteiger partial charge on any atom is 0.229 e. The minimum Gasteiger partial charge on any atom is -0.351 e. The van der Waals surface area contributed by atoms with Crippen molar-refractivity contribution in [2.45, 2.75) is 24.9 Å². The van der Waals surface area contributed by atoms with Gasteiger partial charge in [-0.05, 0) is 55.0 Å². The number of nitrogens with one attached hydrogen (secondary N) is 1. The number of fused-ring (bicyclic) bond motifs is 3. The van der Waals surface area contributed by atoms with Crippen LogP contribution in [0.1, 0.15) is 18.0 Å². The van der Waals surface area contributed by atoms with E-state index in [9.17, 15) is 4.79 Å². The zero-order valence-electron chi connectivity index (χ0n) is 14.9. The molecule has 6 heteroatoms. The highest BCUT2D eigenvalue weighted by atomic mass is 79.9. The van der Waals surface area contributed by atoms with Crippen LogP contribution in [0.5, 0.6) is 0 Å². The number of benzene rings is 2. The molecule has 28 heavy (non-hydrogen) atoms. The topological polar surface area (TPSA) is 46.9 Å². The fourth-order valence-electron chi connectivity index (χ4n) is 4.18. The molecule has 3 heterocycles. The van der Waals surface area contributed by atoms with Gasteiger partial charge in [-0.3, -0.25) is 9.78 Å². The molecule has 0 spiro atoms. The first-order valence-electron chi connectivity index (χ1n) is 9.18. The Hall–Kier alpha value is -2.18. The number of carbonyl (C=O) groups is 1. The molecule has 1 fully saturated rings. The van der Waals surface area contributed by atoms with Crippen molar-refractivity contribution < 1.29 is 4.79 Å². The number of rotatable bonds is 3. The molecule has 2 aromatic carbocycles. The summed E-state index contributed by atoms with van der Waals surface area (Å²) in [5.74, 6) is -0.113. The Balaban J connectivity index is 1.54. The lowest BCUT2D eigenvalue weighted by Gasteiger charge is -2.14. The molecule has 0 saturated carbocycles. The molecule has 4 aromatic rings. The van der Waals surface area contributed by atoms with Gasteiger partial charge in [0.15, 0.2) is 0 Å². The average molecular weight is 499 g/mol. The van der Waals surface area contributed by atoms with Crippen LogP contribution < -0.4 is 5.32 Å². The lowest BCUT2D eigenvalue weighted by Crippen LogP contribution is -2.29. The zero-order chi connectivity index (χ0) is 19.3. The van der Waals surface area contributed by atoms with Crippen LogP contribution in [0.15, 0.2) is 69.7 Å². The summed E-state index contributed by atoms with van der Waals surface area (Å²) in [5, 5.41) is 5.58. The van der Waals surface area contributed by atoms with Gasteiger partial charge < -0.3 is 9.88 Å². The van der Waals surface area contributed by atoms with Gasteiger partial charge in [0.25, 0.3) is 0 Å². The summed E-state index contributed by atoms with van der Waals surface area (Å²) in [6, 6.07) is 18.5. The van der Waals surface area contributed by atoms with Crippen LogP contribution in [-0.2, 0) is 11.3 Å². The zero-order valence-corrected chi connectivity index (χ0v) is 18.1. The van der Waals surface area contributed by atoms with Crippen molar-refractivity contribution in [2.75, 3.05) is 0 Å². The first kappa shape index (κ1) is 17.9. The summed E-state index contributed by atoms with van der Waals surface area (Å²) in [6.07, 6.45) is 2.50. The highest BCUT2D eigenvalue weighted by Gasteiger charge is 2.34. The van der Waals surface area contributed by atoms with Gasteiger partial charge in [0.1, 0.15) is 0 Å². The smallest absolute Gasteiger partial charge is 0.229 e. The predicted octanol–water partition coefficient (Wildman–Crippen LogP) is 5.39. The van der Waals surface area contributed by atoms with Gasteiger partial charge in [-0.25, -0.2) is 0 Å². The summed E-state index contributed by atoms with van der Waals surface area (Å²) >= 11 is 7.18. The Morgan fingerprint density at radius 1 is 1.00 bits per heavy atom. The van der Waals surface area contributed by atoms with Gasteiger partial charge >= 0.3 is 0 Å². The highest BCUT2D eigenvalue weighted by Crippen LogP contribution is 2.34. The summed E-state index contributed by atoms with van der Waals surface area (Å²) in [5.41, 5.74) is 3.19. The van der Waals surface area contributed by atoms with Crippen LogP contribution in [0.3, 0.4) is 0 Å². The number of carbonyl (C=O) groups excluding carboxylic acids is 1. The second-order valence-electron chi connectivity index (χ2n) is 7.18. The minimum absolute atomic E-state index is 0.0648. The summed E-state index contributed by atoms with van der Waals surface area (Å²) < 4.78 is 4.43. The van der Waals surface area contributed by atoms with Crippen LogP contribution in [0.4, 0.5) is 0 Å². The van der Waals surface area contributed by atoms with Crippen LogP contribution >= 0.6 is 31.9 Å². The Morgan fingerprint density at radius 3 is 2.29 bits per heavy atom. The van der Waals surface area contributed by atoms with Gasteiger partial charge in [0.05, 0.1) is 11.6 Å². The molecular formula is C22H17Br2N3O. The number of pyridine rings is 1. The molecule has 1 aliphatic heterocycles. The number of halogens is 2. The van der Waals surface area contributed by atoms with E-state index in [2.05, 4.69) is 83.1 Å². The van der Waals surface area contributed by atoms with Gasteiger partial charge in [-0.15, -0.1) is 0 Å². The van der Waals surface area contributed by atoms with E-state index in [0.29, 0.717) is 0 Å². The lowest BCUT2D eigenvalue weighted by molar-refractivity contribution is -0.120. The highest BCUT2D eigenvalue weighted by molar-refractivity contribution is 9.10. The Labute approximate surface area is 179 Å². The molecule has 5 rings (SSSR count). The monoisotopic (exact) mass is 497 g/mol. The molecule has 2 atom stereocenters. The van der Waals surface area contributed by atoms with E-state index in [1.165, 1.54) is 21.8 Å². The average Bonchev–Trinajstić information content (AvgIpc) is 3.20. The third-order valence-electron chi connectivity index (χ3n) is 5.42. The Morgan fingerprint density at radius 2 is 1.68 bits per heavy atom. The van der Waals surface area contributed by atoms with E-state index in [1.807, 2.05) is 18.2 Å². The molecule has 1 aliphatic rings. The molecule has 140 valence electrons. The maximum absolute atomic E-state index is 12.6. The molecule has 1 saturated heterocycles. The van der Waals surface area contributed by atoms with Crippen molar-refractivity contribution in [2.24, 2.45) is 0 Å².